The van der Waals surface area contributed by atoms with E-state index in [-0.39, 0.29) is 17.6 Å². The van der Waals surface area contributed by atoms with Crippen LogP contribution in [-0.2, 0) is 14.8 Å². The number of ketones is 1. The largest absolute Gasteiger partial charge is 0.300 e. The molecule has 1 unspecified atom stereocenters. The molecule has 2 saturated heterocycles. The van der Waals surface area contributed by atoms with E-state index in [1.54, 1.807) is 6.08 Å². The lowest BCUT2D eigenvalue weighted by atomic mass is 9.83. The van der Waals surface area contributed by atoms with E-state index in [2.05, 4.69) is 18.7 Å². The van der Waals surface area contributed by atoms with Gasteiger partial charge in [-0.15, -0.1) is 0 Å². The predicted molar refractivity (Wildman–Crippen MR) is 88.1 cm³/mol. The number of hydrogen-bond acceptors (Lipinski definition) is 4. The van der Waals surface area contributed by atoms with Gasteiger partial charge in [0.25, 0.3) is 0 Å². The first-order valence-electron chi connectivity index (χ1n) is 8.17. The second-order valence-corrected chi connectivity index (χ2v) is 8.89. The fourth-order valence-corrected chi connectivity index (χ4v) is 4.32. The van der Waals surface area contributed by atoms with Crippen molar-refractivity contribution in [2.45, 2.75) is 26.7 Å². The third-order valence-corrected chi connectivity index (χ3v) is 6.10. The zero-order valence-corrected chi connectivity index (χ0v) is 14.7. The van der Waals surface area contributed by atoms with Crippen molar-refractivity contribution < 1.29 is 13.2 Å². The Hall–Kier alpha value is -0.720. The van der Waals surface area contributed by atoms with E-state index >= 15 is 0 Å². The fraction of sp³-hybridized carbons (Fsp3) is 0.812. The first-order valence-corrected chi connectivity index (χ1v) is 10.0. The van der Waals surface area contributed by atoms with Crippen molar-refractivity contribution in [1.29, 1.82) is 0 Å². The van der Waals surface area contributed by atoms with Gasteiger partial charge in [-0.2, -0.15) is 0 Å². The van der Waals surface area contributed by atoms with Gasteiger partial charge in [0.15, 0.2) is 5.78 Å². The third kappa shape index (κ3) is 4.40. The van der Waals surface area contributed by atoms with Crippen LogP contribution in [0.2, 0.25) is 0 Å². The highest BCUT2D eigenvalue weighted by Gasteiger charge is 2.41. The van der Waals surface area contributed by atoms with Crippen LogP contribution >= 0.6 is 0 Å². The van der Waals surface area contributed by atoms with E-state index in [1.807, 2.05) is 6.08 Å². The van der Waals surface area contributed by atoms with Crippen LogP contribution in [0.1, 0.15) is 26.7 Å². The van der Waals surface area contributed by atoms with Crippen molar-refractivity contribution in [3.8, 4) is 0 Å². The molecule has 22 heavy (non-hydrogen) atoms. The molecule has 0 amide bonds. The first kappa shape index (κ1) is 17.6. The molecule has 0 aromatic heterocycles. The van der Waals surface area contributed by atoms with Crippen LogP contribution in [0.15, 0.2) is 12.2 Å². The number of likely N-dealkylation sites (tertiary alicyclic amines) is 1. The molecule has 0 aliphatic carbocycles. The molecule has 2 aliphatic rings. The lowest BCUT2D eigenvalue weighted by molar-refractivity contribution is -0.119. The molecule has 0 radical (unpaired) electrons. The molecule has 0 bridgehead atoms. The molecule has 2 fully saturated rings. The van der Waals surface area contributed by atoms with Crippen molar-refractivity contribution in [2.75, 3.05) is 39.0 Å². The Labute approximate surface area is 134 Å². The van der Waals surface area contributed by atoms with E-state index in [1.165, 1.54) is 23.4 Å². The minimum Gasteiger partial charge on any atom is -0.300 e. The molecule has 0 N–H and O–H groups in total. The van der Waals surface area contributed by atoms with Crippen LogP contribution < -0.4 is 0 Å². The Kier molecular flexibility index (Phi) is 5.80. The molecule has 0 saturated carbocycles. The standard InChI is InChI=1S/C16H28N2O3S/c1-13(2)14-11-18(22(3,20)21)12-15(14)16(19)7-6-10-17-8-4-5-9-17/h6-7,13-15H,4-5,8-12H2,1-3H3/t14-,15?/m1/s1. The van der Waals surface area contributed by atoms with Gasteiger partial charge in [0.05, 0.1) is 6.26 Å². The minimum absolute atomic E-state index is 0.0732. The highest BCUT2D eigenvalue weighted by Crippen LogP contribution is 2.32. The van der Waals surface area contributed by atoms with Crippen molar-refractivity contribution in [3.63, 3.8) is 0 Å². The van der Waals surface area contributed by atoms with E-state index < -0.39 is 10.0 Å². The molecule has 2 heterocycles. The van der Waals surface area contributed by atoms with E-state index in [0.717, 1.165) is 19.6 Å². The van der Waals surface area contributed by atoms with Gasteiger partial charge >= 0.3 is 0 Å². The average Bonchev–Trinajstić information content (AvgIpc) is 3.06. The normalized spacial score (nSPS) is 28.2. The minimum atomic E-state index is -3.22. The number of carbonyl (C=O) groups is 1. The lowest BCUT2D eigenvalue weighted by Gasteiger charge is -2.19. The van der Waals surface area contributed by atoms with Crippen LogP contribution in [0.25, 0.3) is 0 Å². The van der Waals surface area contributed by atoms with Crippen LogP contribution in [0.4, 0.5) is 0 Å². The molecule has 2 atom stereocenters. The smallest absolute Gasteiger partial charge is 0.211 e. The van der Waals surface area contributed by atoms with Crippen LogP contribution in [0.5, 0.6) is 0 Å². The summed E-state index contributed by atoms with van der Waals surface area (Å²) in [6.45, 7) is 7.95. The third-order valence-electron chi connectivity index (χ3n) is 4.87. The quantitative estimate of drug-likeness (QED) is 0.691. The Morgan fingerprint density at radius 3 is 2.41 bits per heavy atom. The van der Waals surface area contributed by atoms with Gasteiger partial charge in [0.1, 0.15) is 0 Å². The Morgan fingerprint density at radius 2 is 1.86 bits per heavy atom. The van der Waals surface area contributed by atoms with Crippen molar-refractivity contribution in [3.05, 3.63) is 12.2 Å². The fourth-order valence-electron chi connectivity index (χ4n) is 3.45. The van der Waals surface area contributed by atoms with Gasteiger partial charge in [0.2, 0.25) is 10.0 Å². The molecule has 2 rings (SSSR count). The van der Waals surface area contributed by atoms with Crippen molar-refractivity contribution in [1.82, 2.24) is 9.21 Å². The summed E-state index contributed by atoms with van der Waals surface area (Å²) in [7, 11) is -3.22. The van der Waals surface area contributed by atoms with E-state index in [4.69, 9.17) is 0 Å². The molecule has 6 heteroatoms. The average molecular weight is 328 g/mol. The maximum atomic E-state index is 12.5. The monoisotopic (exact) mass is 328 g/mol. The Balaban J connectivity index is 1.98. The summed E-state index contributed by atoms with van der Waals surface area (Å²) in [5.74, 6) is 0.278. The van der Waals surface area contributed by atoms with Gasteiger partial charge in [-0.3, -0.25) is 9.69 Å². The summed E-state index contributed by atoms with van der Waals surface area (Å²) in [6.07, 6.45) is 7.31. The molecule has 126 valence electrons. The zero-order chi connectivity index (χ0) is 16.3. The van der Waals surface area contributed by atoms with E-state index in [0.29, 0.717) is 19.0 Å². The number of hydrogen-bond donors (Lipinski definition) is 0. The lowest BCUT2D eigenvalue weighted by Crippen LogP contribution is -2.28. The first-order chi connectivity index (χ1) is 10.3. The summed E-state index contributed by atoms with van der Waals surface area (Å²) in [4.78, 5) is 14.8. The second-order valence-electron chi connectivity index (χ2n) is 6.91. The number of sulfonamides is 1. The number of carbonyl (C=O) groups excluding carboxylic acids is 1. The molecule has 2 aliphatic heterocycles. The SMILES string of the molecule is CC(C)[C@H]1CN(S(C)(=O)=O)CC1C(=O)C=CCN1CCCC1. The molecular formula is C16H28N2O3S. The highest BCUT2D eigenvalue weighted by molar-refractivity contribution is 7.88. The van der Waals surface area contributed by atoms with Gasteiger partial charge in [-0.05, 0) is 43.8 Å². The topological polar surface area (TPSA) is 57.7 Å². The molecule has 5 nitrogen and oxygen atoms in total. The number of allylic oxidation sites excluding steroid dienone is 1. The maximum Gasteiger partial charge on any atom is 0.211 e. The van der Waals surface area contributed by atoms with Crippen molar-refractivity contribution in [2.24, 2.45) is 17.8 Å². The van der Waals surface area contributed by atoms with Gasteiger partial charge in [-0.25, -0.2) is 12.7 Å². The summed E-state index contributed by atoms with van der Waals surface area (Å²) in [5, 5.41) is 0. The maximum absolute atomic E-state index is 12.5. The summed E-state index contributed by atoms with van der Waals surface area (Å²) >= 11 is 0. The van der Waals surface area contributed by atoms with Gasteiger partial charge in [0, 0.05) is 25.6 Å². The number of rotatable bonds is 6. The van der Waals surface area contributed by atoms with Gasteiger partial charge < -0.3 is 0 Å². The van der Waals surface area contributed by atoms with E-state index in [9.17, 15) is 13.2 Å². The zero-order valence-electron chi connectivity index (χ0n) is 13.9. The van der Waals surface area contributed by atoms with Crippen LogP contribution in [-0.4, -0.2) is 62.4 Å². The van der Waals surface area contributed by atoms with Gasteiger partial charge in [-0.1, -0.05) is 19.9 Å². The highest BCUT2D eigenvalue weighted by atomic mass is 32.2. The summed E-state index contributed by atoms with van der Waals surface area (Å²) < 4.78 is 24.9. The number of nitrogens with zero attached hydrogens (tertiary/aromatic N) is 2. The summed E-state index contributed by atoms with van der Waals surface area (Å²) in [5.41, 5.74) is 0. The molecule has 0 spiro atoms. The van der Waals surface area contributed by atoms with Crippen LogP contribution in [0.3, 0.4) is 0 Å². The summed E-state index contributed by atoms with van der Waals surface area (Å²) in [6, 6.07) is 0. The molecular weight excluding hydrogens is 300 g/mol. The Bertz CT molecular complexity index is 522. The Morgan fingerprint density at radius 1 is 1.23 bits per heavy atom. The molecule has 0 aromatic rings. The second kappa shape index (κ2) is 7.23. The predicted octanol–water partition coefficient (Wildman–Crippen LogP) is 1.37. The van der Waals surface area contributed by atoms with Crippen molar-refractivity contribution >= 4 is 15.8 Å². The van der Waals surface area contributed by atoms with Crippen LogP contribution in [0, 0.1) is 17.8 Å². The molecule has 0 aromatic carbocycles.